The topological polar surface area (TPSA) is 40.6 Å². The minimum Gasteiger partial charge on any atom is -0.349 e. The quantitative estimate of drug-likeness (QED) is 0.796. The second kappa shape index (κ2) is 6.19. The number of benzene rings is 1. The zero-order valence-electron chi connectivity index (χ0n) is 11.4. The van der Waals surface area contributed by atoms with Gasteiger partial charge in [-0.15, -0.1) is 0 Å². The molecule has 0 unspecified atom stereocenters. The highest BCUT2D eigenvalue weighted by molar-refractivity contribution is 5.79. The maximum atomic E-state index is 11.5. The molecule has 0 fully saturated rings. The van der Waals surface area contributed by atoms with Gasteiger partial charge in [0.25, 0.3) is 0 Å². The molecule has 0 aliphatic carbocycles. The van der Waals surface area contributed by atoms with E-state index >= 15 is 0 Å². The summed E-state index contributed by atoms with van der Waals surface area (Å²) >= 11 is 0. The van der Waals surface area contributed by atoms with Gasteiger partial charge in [-0.25, -0.2) is 0 Å². The molecule has 1 aromatic rings. The summed E-state index contributed by atoms with van der Waals surface area (Å²) in [7, 11) is 6.97. The second-order valence-electron chi connectivity index (χ2n) is 4.75. The van der Waals surface area contributed by atoms with Gasteiger partial charge in [0.05, 0.1) is 12.8 Å². The average molecular weight is 248 g/mol. The Hall–Kier alpha value is -1.84. The summed E-state index contributed by atoms with van der Waals surface area (Å²) in [5.74, 6) is 0.152. The number of hydrogen-bond acceptors (Lipinski definition) is 2. The Morgan fingerprint density at radius 2 is 1.06 bits per heavy atom. The molecule has 1 rings (SSSR count). The monoisotopic (exact) mass is 248 g/mol. The Bertz CT molecular complexity index is 381. The predicted molar refractivity (Wildman–Crippen MR) is 71.2 cm³/mol. The maximum Gasteiger partial charge on any atom is 0.226 e. The average Bonchev–Trinajstić information content (AvgIpc) is 2.31. The molecule has 98 valence electrons. The van der Waals surface area contributed by atoms with Crippen molar-refractivity contribution in [2.45, 2.75) is 12.8 Å². The summed E-state index contributed by atoms with van der Waals surface area (Å²) in [6.45, 7) is 0. The summed E-state index contributed by atoms with van der Waals surface area (Å²) in [6, 6.07) is 7.61. The molecule has 0 atom stereocenters. The normalized spacial score (nSPS) is 10.0. The van der Waals surface area contributed by atoms with Crippen molar-refractivity contribution in [1.82, 2.24) is 9.80 Å². The van der Waals surface area contributed by atoms with Gasteiger partial charge in [-0.05, 0) is 11.1 Å². The van der Waals surface area contributed by atoms with E-state index in [0.29, 0.717) is 12.8 Å². The van der Waals surface area contributed by atoms with E-state index < -0.39 is 0 Å². The van der Waals surface area contributed by atoms with Gasteiger partial charge in [0.15, 0.2) is 0 Å². The van der Waals surface area contributed by atoms with Crippen molar-refractivity contribution in [1.29, 1.82) is 0 Å². The molecule has 0 heterocycles. The third kappa shape index (κ3) is 4.20. The van der Waals surface area contributed by atoms with E-state index in [1.54, 1.807) is 38.0 Å². The smallest absolute Gasteiger partial charge is 0.226 e. The fourth-order valence-corrected chi connectivity index (χ4v) is 1.44. The highest BCUT2D eigenvalue weighted by Gasteiger charge is 2.07. The molecule has 2 amide bonds. The minimum atomic E-state index is 0.0760. The van der Waals surface area contributed by atoms with Crippen molar-refractivity contribution in [3.05, 3.63) is 35.4 Å². The van der Waals surface area contributed by atoms with Crippen LogP contribution in [-0.2, 0) is 22.4 Å². The molecule has 4 nitrogen and oxygen atoms in total. The van der Waals surface area contributed by atoms with Crippen molar-refractivity contribution >= 4 is 11.8 Å². The van der Waals surface area contributed by atoms with E-state index in [-0.39, 0.29) is 11.8 Å². The van der Waals surface area contributed by atoms with E-state index in [0.717, 1.165) is 11.1 Å². The predicted octanol–water partition coefficient (Wildman–Crippen LogP) is 0.948. The lowest BCUT2D eigenvalue weighted by Gasteiger charge is -2.11. The molecule has 0 aromatic heterocycles. The number of amides is 2. The SMILES string of the molecule is CN(C)C(=O)Cc1ccc(CC(=O)N(C)C)cc1. The van der Waals surface area contributed by atoms with Crippen LogP contribution in [0.3, 0.4) is 0 Å². The van der Waals surface area contributed by atoms with Gasteiger partial charge in [0.1, 0.15) is 0 Å². The van der Waals surface area contributed by atoms with Gasteiger partial charge < -0.3 is 9.80 Å². The highest BCUT2D eigenvalue weighted by Crippen LogP contribution is 2.07. The molecular formula is C14H20N2O2. The molecule has 4 heteroatoms. The second-order valence-corrected chi connectivity index (χ2v) is 4.75. The van der Waals surface area contributed by atoms with Crippen LogP contribution in [0.15, 0.2) is 24.3 Å². The maximum absolute atomic E-state index is 11.5. The van der Waals surface area contributed by atoms with Crippen LogP contribution in [0.2, 0.25) is 0 Å². The van der Waals surface area contributed by atoms with E-state index in [1.165, 1.54) is 0 Å². The lowest BCUT2D eigenvalue weighted by atomic mass is 10.1. The molecule has 0 N–H and O–H groups in total. The summed E-state index contributed by atoms with van der Waals surface area (Å²) in [6.07, 6.45) is 0.795. The van der Waals surface area contributed by atoms with Crippen LogP contribution < -0.4 is 0 Å². The molecule has 0 bridgehead atoms. The zero-order valence-corrected chi connectivity index (χ0v) is 11.4. The highest BCUT2D eigenvalue weighted by atomic mass is 16.2. The van der Waals surface area contributed by atoms with Crippen molar-refractivity contribution in [3.63, 3.8) is 0 Å². The van der Waals surface area contributed by atoms with Crippen molar-refractivity contribution in [3.8, 4) is 0 Å². The van der Waals surface area contributed by atoms with Crippen LogP contribution in [0.1, 0.15) is 11.1 Å². The van der Waals surface area contributed by atoms with E-state index in [2.05, 4.69) is 0 Å². The number of carbonyl (C=O) groups excluding carboxylic acids is 2. The fourth-order valence-electron chi connectivity index (χ4n) is 1.44. The summed E-state index contributed by atoms with van der Waals surface area (Å²) in [5, 5.41) is 0. The van der Waals surface area contributed by atoms with Gasteiger partial charge in [-0.3, -0.25) is 9.59 Å². The first-order valence-electron chi connectivity index (χ1n) is 5.88. The van der Waals surface area contributed by atoms with Gasteiger partial charge >= 0.3 is 0 Å². The van der Waals surface area contributed by atoms with Crippen LogP contribution in [0.25, 0.3) is 0 Å². The molecule has 0 aliphatic rings. The number of rotatable bonds is 4. The lowest BCUT2D eigenvalue weighted by molar-refractivity contribution is -0.128. The Labute approximate surface area is 108 Å². The molecule has 0 spiro atoms. The largest absolute Gasteiger partial charge is 0.349 e. The van der Waals surface area contributed by atoms with E-state index in [4.69, 9.17) is 0 Å². The van der Waals surface area contributed by atoms with Crippen LogP contribution in [0.5, 0.6) is 0 Å². The lowest BCUT2D eigenvalue weighted by Crippen LogP contribution is -2.24. The number of likely N-dealkylation sites (N-methyl/N-ethyl adjacent to an activating group) is 2. The van der Waals surface area contributed by atoms with Crippen molar-refractivity contribution < 1.29 is 9.59 Å². The van der Waals surface area contributed by atoms with Gasteiger partial charge in [0, 0.05) is 28.2 Å². The summed E-state index contributed by atoms with van der Waals surface area (Å²) < 4.78 is 0. The summed E-state index contributed by atoms with van der Waals surface area (Å²) in [5.41, 5.74) is 1.93. The van der Waals surface area contributed by atoms with E-state index in [9.17, 15) is 9.59 Å². The Morgan fingerprint density at radius 3 is 1.28 bits per heavy atom. The van der Waals surface area contributed by atoms with Crippen molar-refractivity contribution in [2.75, 3.05) is 28.2 Å². The molecule has 0 aliphatic heterocycles. The first kappa shape index (κ1) is 14.2. The standard InChI is InChI=1S/C14H20N2O2/c1-15(2)13(17)9-11-5-7-12(8-6-11)10-14(18)16(3)4/h5-8H,9-10H2,1-4H3. The first-order valence-corrected chi connectivity index (χ1v) is 5.88. The van der Waals surface area contributed by atoms with Gasteiger partial charge in [-0.2, -0.15) is 0 Å². The van der Waals surface area contributed by atoms with Gasteiger partial charge in [-0.1, -0.05) is 24.3 Å². The minimum absolute atomic E-state index is 0.0760. The third-order valence-corrected chi connectivity index (χ3v) is 2.73. The van der Waals surface area contributed by atoms with Crippen LogP contribution in [0, 0.1) is 0 Å². The van der Waals surface area contributed by atoms with Crippen LogP contribution in [-0.4, -0.2) is 49.8 Å². The number of carbonyl (C=O) groups is 2. The summed E-state index contributed by atoms with van der Waals surface area (Å²) in [4.78, 5) is 26.2. The first-order chi connectivity index (χ1) is 8.40. The van der Waals surface area contributed by atoms with Crippen LogP contribution >= 0.6 is 0 Å². The van der Waals surface area contributed by atoms with E-state index in [1.807, 2.05) is 24.3 Å². The Balaban J connectivity index is 2.63. The third-order valence-electron chi connectivity index (χ3n) is 2.73. The molecule has 0 radical (unpaired) electrons. The fraction of sp³-hybridized carbons (Fsp3) is 0.429. The molecule has 1 aromatic carbocycles. The number of hydrogen-bond donors (Lipinski definition) is 0. The molecular weight excluding hydrogens is 228 g/mol. The van der Waals surface area contributed by atoms with Crippen molar-refractivity contribution in [2.24, 2.45) is 0 Å². The van der Waals surface area contributed by atoms with Crippen LogP contribution in [0.4, 0.5) is 0 Å². The number of nitrogens with zero attached hydrogens (tertiary/aromatic N) is 2. The molecule has 0 saturated carbocycles. The zero-order chi connectivity index (χ0) is 13.7. The Morgan fingerprint density at radius 1 is 0.778 bits per heavy atom. The van der Waals surface area contributed by atoms with Gasteiger partial charge in [0.2, 0.25) is 11.8 Å². The molecule has 18 heavy (non-hydrogen) atoms. The Kier molecular flexibility index (Phi) is 4.89. The molecule has 0 saturated heterocycles.